The predicted molar refractivity (Wildman–Crippen MR) is 79.8 cm³/mol. The van der Waals surface area contributed by atoms with Crippen molar-refractivity contribution in [3.05, 3.63) is 26.4 Å². The summed E-state index contributed by atoms with van der Waals surface area (Å²) >= 11 is 2.00. The molecule has 6 heteroatoms. The van der Waals surface area contributed by atoms with Crippen molar-refractivity contribution >= 4 is 22.6 Å². The van der Waals surface area contributed by atoms with Gasteiger partial charge in [-0.2, -0.15) is 0 Å². The number of rotatable bonds is 9. The Hall–Kier alpha value is -0.470. The molecule has 0 amide bonds. The van der Waals surface area contributed by atoms with Crippen LogP contribution in [0.15, 0.2) is 17.3 Å². The Morgan fingerprint density at radius 2 is 2.28 bits per heavy atom. The van der Waals surface area contributed by atoms with Gasteiger partial charge < -0.3 is 10.1 Å². The van der Waals surface area contributed by atoms with E-state index in [1.165, 1.54) is 0 Å². The van der Waals surface area contributed by atoms with E-state index in [2.05, 4.69) is 17.2 Å². The van der Waals surface area contributed by atoms with Gasteiger partial charge in [-0.05, 0) is 29.0 Å². The highest BCUT2D eigenvalue weighted by atomic mass is 127. The van der Waals surface area contributed by atoms with Gasteiger partial charge in [-0.15, -0.1) is 0 Å². The summed E-state index contributed by atoms with van der Waals surface area (Å²) in [5.41, 5.74) is 0.0200. The average molecular weight is 365 g/mol. The minimum absolute atomic E-state index is 0.0200. The van der Waals surface area contributed by atoms with Crippen molar-refractivity contribution in [1.82, 2.24) is 14.9 Å². The van der Waals surface area contributed by atoms with Crippen molar-refractivity contribution in [1.29, 1.82) is 0 Å². The smallest absolute Gasteiger partial charge is 0.266 e. The van der Waals surface area contributed by atoms with Gasteiger partial charge in [0.1, 0.15) is 0 Å². The summed E-state index contributed by atoms with van der Waals surface area (Å²) in [5, 5.41) is 3.24. The van der Waals surface area contributed by atoms with Crippen LogP contribution >= 0.6 is 22.6 Å². The molecule has 0 unspecified atom stereocenters. The summed E-state index contributed by atoms with van der Waals surface area (Å²) in [6.07, 6.45) is 5.43. The molecule has 0 saturated heterocycles. The molecule has 0 fully saturated rings. The lowest BCUT2D eigenvalue weighted by Crippen LogP contribution is -2.30. The van der Waals surface area contributed by atoms with Crippen molar-refractivity contribution in [2.45, 2.75) is 26.3 Å². The molecule has 0 aliphatic rings. The van der Waals surface area contributed by atoms with Crippen LogP contribution in [0.3, 0.4) is 0 Å². The van der Waals surface area contributed by atoms with Gasteiger partial charge in [0.05, 0.1) is 16.5 Å². The van der Waals surface area contributed by atoms with Crippen LogP contribution in [0.2, 0.25) is 0 Å². The van der Waals surface area contributed by atoms with Crippen LogP contribution in [-0.2, 0) is 11.3 Å². The fourth-order valence-corrected chi connectivity index (χ4v) is 1.87. The number of hydrogen-bond acceptors (Lipinski definition) is 4. The quantitative estimate of drug-likeness (QED) is 0.529. The van der Waals surface area contributed by atoms with Crippen LogP contribution < -0.4 is 10.9 Å². The molecule has 1 aromatic heterocycles. The van der Waals surface area contributed by atoms with Crippen molar-refractivity contribution in [3.8, 4) is 0 Å². The van der Waals surface area contributed by atoms with Gasteiger partial charge in [-0.3, -0.25) is 9.36 Å². The molecule has 5 nitrogen and oxygen atoms in total. The monoisotopic (exact) mass is 365 g/mol. The first-order valence-corrected chi connectivity index (χ1v) is 7.32. The van der Waals surface area contributed by atoms with Crippen LogP contribution in [0.5, 0.6) is 0 Å². The Kier molecular flexibility index (Phi) is 8.19. The van der Waals surface area contributed by atoms with Gasteiger partial charge in [-0.25, -0.2) is 4.98 Å². The van der Waals surface area contributed by atoms with E-state index < -0.39 is 0 Å². The molecule has 1 aromatic rings. The lowest BCUT2D eigenvalue weighted by Gasteiger charge is -2.07. The molecule has 0 aliphatic heterocycles. The van der Waals surface area contributed by atoms with Gasteiger partial charge in [0.2, 0.25) is 0 Å². The summed E-state index contributed by atoms with van der Waals surface area (Å²) in [5.74, 6) is 0. The average Bonchev–Trinajstić information content (AvgIpc) is 2.37. The highest BCUT2D eigenvalue weighted by Gasteiger charge is 1.99. The molecule has 0 spiro atoms. The van der Waals surface area contributed by atoms with Gasteiger partial charge >= 0.3 is 0 Å². The fourth-order valence-electron chi connectivity index (χ4n) is 1.40. The van der Waals surface area contributed by atoms with Crippen LogP contribution in [0.25, 0.3) is 0 Å². The van der Waals surface area contributed by atoms with E-state index in [4.69, 9.17) is 4.74 Å². The van der Waals surface area contributed by atoms with Crippen molar-refractivity contribution in [2.24, 2.45) is 0 Å². The maximum atomic E-state index is 11.7. The van der Waals surface area contributed by atoms with Crippen LogP contribution in [0.4, 0.5) is 0 Å². The molecule has 1 N–H and O–H groups in total. The molecule has 0 aliphatic carbocycles. The first-order chi connectivity index (χ1) is 8.75. The number of hydrogen-bond donors (Lipinski definition) is 1. The third kappa shape index (κ3) is 5.92. The lowest BCUT2D eigenvalue weighted by atomic mass is 10.4. The molecule has 0 radical (unpaired) electrons. The molecule has 0 saturated carbocycles. The summed E-state index contributed by atoms with van der Waals surface area (Å²) in [4.78, 5) is 15.7. The number of nitrogens with zero attached hydrogens (tertiary/aromatic N) is 2. The Labute approximate surface area is 121 Å². The largest absolute Gasteiger partial charge is 0.380 e. The second-order valence-electron chi connectivity index (χ2n) is 3.96. The summed E-state index contributed by atoms with van der Waals surface area (Å²) < 4.78 is 7.69. The second kappa shape index (κ2) is 9.46. The first-order valence-electron chi connectivity index (χ1n) is 6.24. The molecule has 0 aromatic carbocycles. The maximum Gasteiger partial charge on any atom is 0.266 e. The maximum absolute atomic E-state index is 11.7. The minimum Gasteiger partial charge on any atom is -0.380 e. The molecular weight excluding hydrogens is 345 g/mol. The zero-order valence-corrected chi connectivity index (χ0v) is 12.9. The predicted octanol–water partition coefficient (Wildman–Crippen LogP) is 1.25. The van der Waals surface area contributed by atoms with Crippen LogP contribution in [0.1, 0.15) is 19.8 Å². The fraction of sp³-hybridized carbons (Fsp3) is 0.667. The molecule has 102 valence electrons. The van der Waals surface area contributed by atoms with Crippen molar-refractivity contribution in [3.63, 3.8) is 0 Å². The normalized spacial score (nSPS) is 10.8. The van der Waals surface area contributed by atoms with Gasteiger partial charge in [0.25, 0.3) is 5.56 Å². The van der Waals surface area contributed by atoms with Crippen molar-refractivity contribution < 1.29 is 4.74 Å². The number of ether oxygens (including phenoxy) is 1. The third-order valence-electron chi connectivity index (χ3n) is 2.45. The highest BCUT2D eigenvalue weighted by molar-refractivity contribution is 14.1. The Balaban J connectivity index is 2.11. The summed E-state index contributed by atoms with van der Waals surface area (Å²) in [6.45, 7) is 5.90. The van der Waals surface area contributed by atoms with Gasteiger partial charge in [0.15, 0.2) is 0 Å². The molecule has 1 heterocycles. The Bertz CT molecular complexity index is 395. The lowest BCUT2D eigenvalue weighted by molar-refractivity contribution is 0.133. The molecule has 0 atom stereocenters. The van der Waals surface area contributed by atoms with Crippen molar-refractivity contribution in [2.75, 3.05) is 26.3 Å². The molecule has 0 bridgehead atoms. The molecule has 1 rings (SSSR count). The third-order valence-corrected chi connectivity index (χ3v) is 3.19. The minimum atomic E-state index is 0.0200. The Morgan fingerprint density at radius 1 is 1.44 bits per heavy atom. The zero-order chi connectivity index (χ0) is 13.2. The van der Waals surface area contributed by atoms with E-state index in [0.717, 1.165) is 39.1 Å². The van der Waals surface area contributed by atoms with E-state index in [1.54, 1.807) is 17.1 Å². The highest BCUT2D eigenvalue weighted by Crippen LogP contribution is 1.92. The Morgan fingerprint density at radius 3 is 3.06 bits per heavy atom. The SMILES string of the molecule is CCCCOCCNCCn1cncc(I)c1=O. The van der Waals surface area contributed by atoms with E-state index >= 15 is 0 Å². The van der Waals surface area contributed by atoms with E-state index in [-0.39, 0.29) is 5.56 Å². The van der Waals surface area contributed by atoms with Gasteiger partial charge in [-0.1, -0.05) is 13.3 Å². The molecule has 18 heavy (non-hydrogen) atoms. The number of aromatic nitrogens is 2. The number of halogens is 1. The number of unbranched alkanes of at least 4 members (excludes halogenated alkanes) is 1. The van der Waals surface area contributed by atoms with Crippen LogP contribution in [-0.4, -0.2) is 35.9 Å². The van der Waals surface area contributed by atoms with E-state index in [1.807, 2.05) is 22.6 Å². The van der Waals surface area contributed by atoms with E-state index in [0.29, 0.717) is 10.1 Å². The zero-order valence-electron chi connectivity index (χ0n) is 10.7. The standard InChI is InChI=1S/C12H20IN3O2/c1-2-3-7-18-8-5-14-4-6-16-10-15-9-11(13)12(16)17/h9-10,14H,2-8H2,1H3. The summed E-state index contributed by atoms with van der Waals surface area (Å²) in [6, 6.07) is 0. The first kappa shape index (κ1) is 15.6. The van der Waals surface area contributed by atoms with Gasteiger partial charge in [0, 0.05) is 32.4 Å². The van der Waals surface area contributed by atoms with Crippen LogP contribution in [0, 0.1) is 3.57 Å². The molecular formula is C12H20IN3O2. The number of nitrogens with one attached hydrogen (secondary N) is 1. The summed E-state index contributed by atoms with van der Waals surface area (Å²) in [7, 11) is 0. The second-order valence-corrected chi connectivity index (χ2v) is 5.12. The van der Waals surface area contributed by atoms with E-state index in [9.17, 15) is 4.79 Å². The topological polar surface area (TPSA) is 56.1 Å².